The van der Waals surface area contributed by atoms with Crippen molar-refractivity contribution in [3.8, 4) is 17.2 Å². The Hall–Kier alpha value is -11.0. The number of aromatic carboxylic acids is 1. The van der Waals surface area contributed by atoms with Crippen molar-refractivity contribution in [1.82, 2.24) is 38.6 Å². The maximum Gasteiger partial charge on any atom is 0.371 e. The molecule has 7 N–H and O–H groups in total. The standard InChI is InChI=1S/C36H37Cl2N3O5S.C29H29Cl2N3O7S.C25H22Cl2N2O7S/c1-24-20-28(21-25(2)34(24)38)46-18-9-12-30-29-16-15-27(37)22-31(29)39-35(30)36(43)40-47(44,45)19-7-6-14-33(42)32-13-8-17-41(32)23-26-10-4-3-5-11-26;1-17-14-20(15-18(2)26(17)31)40-11-3-4-22-21-6-5-19(30)16-23(21)32-27(22)28(35)33-42(37,38)25-8-7-24(41-25)29(36)34-9-12-39-13-10-34;1-13-10-16(11-14(2)22(13)27)35-9-3-4-18-17-6-5-15(26)12-19(17)28-23(18)24(30)29-37(33,34)21-8-7-20(36-21)25(31)32/h3-5,8,10-11,13,15-17,20-22,39H,6-7,9,12,14,18-19,23H2,1-2H3,(H,40,43);5-8,14-16,32H,3-4,9-13H2,1-2H3,(H,33,35);5-8,10-12,28H,3-4,9H2,1-2H3,(H,29,30)(H,31,32). The highest BCUT2D eigenvalue weighted by Crippen LogP contribution is 2.35. The minimum Gasteiger partial charge on any atom is -0.494 e. The van der Waals surface area contributed by atoms with Crippen LogP contribution in [0.15, 0.2) is 183 Å². The molecule has 27 nitrogen and oxygen atoms in total. The van der Waals surface area contributed by atoms with Gasteiger partial charge in [-0.2, -0.15) is 16.8 Å². The van der Waals surface area contributed by atoms with Crippen molar-refractivity contribution in [2.24, 2.45) is 0 Å². The number of ether oxygens (including phenoxy) is 4. The summed E-state index contributed by atoms with van der Waals surface area (Å²) in [6.45, 7) is 14.6. The Morgan fingerprint density at radius 1 is 0.452 bits per heavy atom. The van der Waals surface area contributed by atoms with Gasteiger partial charge in [0.1, 0.15) is 34.3 Å². The molecule has 0 spiro atoms. The Morgan fingerprint density at radius 2 is 0.841 bits per heavy atom. The summed E-state index contributed by atoms with van der Waals surface area (Å²) in [5.74, 6) is -3.42. The van der Waals surface area contributed by atoms with Gasteiger partial charge in [-0.1, -0.05) is 118 Å². The first-order chi connectivity index (χ1) is 60.0. The molecule has 14 rings (SSSR count). The summed E-state index contributed by atoms with van der Waals surface area (Å²) in [7, 11) is -12.9. The molecular formula is C90H88Cl6N8O19S3. The lowest BCUT2D eigenvalue weighted by Gasteiger charge is -2.25. The third kappa shape index (κ3) is 23.8. The van der Waals surface area contributed by atoms with Crippen molar-refractivity contribution >= 4 is 168 Å². The number of Topliss-reactive ketones (excluding diaryl/α,β-unsaturated/α-hetero) is 1. The molecular weight excluding hydrogens is 1810 g/mol. The number of ketones is 1. The molecule has 1 saturated heterocycles. The zero-order valence-electron chi connectivity index (χ0n) is 69.0. The summed E-state index contributed by atoms with van der Waals surface area (Å²) in [5, 5.41) is 13.4. The Morgan fingerprint density at radius 3 is 1.24 bits per heavy atom. The van der Waals surface area contributed by atoms with Crippen molar-refractivity contribution in [3.05, 3.63) is 284 Å². The molecule has 0 aliphatic carbocycles. The van der Waals surface area contributed by atoms with Crippen LogP contribution in [0.5, 0.6) is 17.2 Å². The fourth-order valence-electron chi connectivity index (χ4n) is 14.4. The van der Waals surface area contributed by atoms with Gasteiger partial charge in [-0.05, 0) is 258 Å². The van der Waals surface area contributed by atoms with Gasteiger partial charge in [-0.3, -0.25) is 24.0 Å². The zero-order chi connectivity index (χ0) is 90.5. The number of furan rings is 2. The molecule has 1 aliphatic heterocycles. The number of carbonyl (C=O) groups is 6. The number of hydrogen-bond acceptors (Lipinski definition) is 18. The molecule has 6 aromatic heterocycles. The van der Waals surface area contributed by atoms with Crippen LogP contribution in [-0.2, 0) is 60.6 Å². The number of aromatic nitrogens is 4. The predicted molar refractivity (Wildman–Crippen MR) is 484 cm³/mol. The van der Waals surface area contributed by atoms with Gasteiger partial charge >= 0.3 is 5.97 Å². The lowest BCUT2D eigenvalue weighted by atomic mass is 10.1. The Balaban J connectivity index is 0.000000173. The minimum absolute atomic E-state index is 0.0315. The number of unbranched alkanes of at least 4 members (excludes halogenated alkanes) is 1. The van der Waals surface area contributed by atoms with E-state index in [9.17, 15) is 54.0 Å². The van der Waals surface area contributed by atoms with Crippen molar-refractivity contribution in [1.29, 1.82) is 0 Å². The fraction of sp³-hybridized carbons (Fsp3) is 0.267. The second kappa shape index (κ2) is 41.6. The summed E-state index contributed by atoms with van der Waals surface area (Å²) in [4.78, 5) is 86.8. The van der Waals surface area contributed by atoms with E-state index in [0.717, 1.165) is 67.9 Å². The molecule has 4 amide bonds. The van der Waals surface area contributed by atoms with Crippen LogP contribution < -0.4 is 28.4 Å². The van der Waals surface area contributed by atoms with Crippen LogP contribution in [0.3, 0.4) is 0 Å². The zero-order valence-corrected chi connectivity index (χ0v) is 76.0. The highest BCUT2D eigenvalue weighted by atomic mass is 35.5. The van der Waals surface area contributed by atoms with E-state index in [1.54, 1.807) is 54.6 Å². The first-order valence-corrected chi connectivity index (χ1v) is 46.7. The van der Waals surface area contributed by atoms with E-state index >= 15 is 0 Å². The number of H-pyrrole nitrogens is 3. The summed E-state index contributed by atoms with van der Waals surface area (Å²) < 4.78 is 119. The van der Waals surface area contributed by atoms with Crippen LogP contribution in [0.2, 0.25) is 30.1 Å². The SMILES string of the molecule is Cc1cc(OCCCc2c(C(=O)NS(=O)(=O)CCCCC(=O)c3cccn3Cc3ccccc3)[nH]c3cc(Cl)ccc23)cc(C)c1Cl.Cc1cc(OCCCc2c(C(=O)NS(=O)(=O)c3ccc(C(=O)N4CCOCC4)o3)[nH]c3cc(Cl)ccc23)cc(C)c1Cl.Cc1cc(OCCCc2c(C(=O)NS(=O)(=O)c3ccc(C(=O)O)o3)[nH]c3cc(Cl)ccc23)cc(C)c1Cl. The predicted octanol–water partition coefficient (Wildman–Crippen LogP) is 18.9. The number of sulfonamides is 3. The summed E-state index contributed by atoms with van der Waals surface area (Å²) in [6, 6.07) is 44.4. The van der Waals surface area contributed by atoms with Crippen LogP contribution in [-0.4, -0.2) is 142 Å². The Bertz CT molecular complexity index is 6560. The van der Waals surface area contributed by atoms with Gasteiger partial charge in [-0.25, -0.2) is 27.4 Å². The number of morpholine rings is 1. The Kier molecular flexibility index (Phi) is 31.1. The third-order valence-electron chi connectivity index (χ3n) is 20.5. The van der Waals surface area contributed by atoms with Gasteiger partial charge in [-0.15, -0.1) is 0 Å². The first-order valence-electron chi connectivity index (χ1n) is 39.8. The lowest BCUT2D eigenvalue weighted by Crippen LogP contribution is -2.40. The van der Waals surface area contributed by atoms with Crippen LogP contribution >= 0.6 is 69.6 Å². The van der Waals surface area contributed by atoms with Gasteiger partial charge in [0.15, 0.2) is 11.5 Å². The summed E-state index contributed by atoms with van der Waals surface area (Å²) >= 11 is 37.2. The molecule has 0 unspecified atom stereocenters. The number of hydrogen-bond donors (Lipinski definition) is 7. The Labute approximate surface area is 756 Å². The number of halogens is 6. The van der Waals surface area contributed by atoms with Crippen LogP contribution in [0, 0.1) is 41.5 Å². The van der Waals surface area contributed by atoms with E-state index in [1.165, 1.54) is 11.0 Å². The van der Waals surface area contributed by atoms with E-state index in [4.69, 9.17) is 102 Å². The van der Waals surface area contributed by atoms with Gasteiger partial charge in [0.2, 0.25) is 26.0 Å². The average molecular weight is 1890 g/mol. The normalized spacial score (nSPS) is 12.3. The number of aryl methyl sites for hydroxylation is 9. The number of nitrogens with zero attached hydrogens (tertiary/aromatic N) is 2. The number of benzene rings is 7. The maximum atomic E-state index is 13.3. The molecule has 0 bridgehead atoms. The number of fused-ring (bicyclic) bond motifs is 3. The largest absolute Gasteiger partial charge is 0.494 e. The second-order valence-corrected chi connectivity index (χ2v) is 37.4. The fourth-order valence-corrected chi connectivity index (χ4v) is 18.1. The molecule has 7 heterocycles. The van der Waals surface area contributed by atoms with Crippen molar-refractivity contribution in [3.63, 3.8) is 0 Å². The molecule has 126 heavy (non-hydrogen) atoms. The van der Waals surface area contributed by atoms with Crippen LogP contribution in [0.25, 0.3) is 32.7 Å². The number of carboxylic acid groups (broad SMARTS) is 1. The van der Waals surface area contributed by atoms with Gasteiger partial charge in [0, 0.05) is 95.1 Å². The maximum absolute atomic E-state index is 13.3. The van der Waals surface area contributed by atoms with E-state index in [1.807, 2.05) is 136 Å². The topological polar surface area (TPSA) is 380 Å². The molecule has 13 aromatic rings. The number of carboxylic acids is 1. The van der Waals surface area contributed by atoms with Gasteiger partial charge < -0.3 is 57.3 Å². The molecule has 1 fully saturated rings. The third-order valence-corrected chi connectivity index (χ3v) is 26.8. The smallest absolute Gasteiger partial charge is 0.371 e. The molecule has 7 aromatic carbocycles. The average Bonchev–Trinajstić information content (AvgIpc) is 1.64. The monoisotopic (exact) mass is 1890 g/mol. The summed E-state index contributed by atoms with van der Waals surface area (Å²) in [6.07, 6.45) is 5.55. The quantitative estimate of drug-likeness (QED) is 0.0148. The van der Waals surface area contributed by atoms with Crippen LogP contribution in [0.1, 0.15) is 157 Å². The molecule has 36 heteroatoms. The van der Waals surface area contributed by atoms with E-state index in [2.05, 4.69) is 24.4 Å². The van der Waals surface area contributed by atoms with Crippen molar-refractivity contribution < 1.29 is 86.9 Å². The highest BCUT2D eigenvalue weighted by molar-refractivity contribution is 7.90. The number of amides is 4. The first kappa shape index (κ1) is 94.1. The second-order valence-electron chi connectivity index (χ2n) is 29.9. The van der Waals surface area contributed by atoms with E-state index < -0.39 is 75.6 Å². The lowest BCUT2D eigenvalue weighted by molar-refractivity contribution is 0.0279. The van der Waals surface area contributed by atoms with Crippen LogP contribution in [0.4, 0.5) is 0 Å². The molecule has 0 atom stereocenters. The number of rotatable bonds is 33. The van der Waals surface area contributed by atoms with Gasteiger partial charge in [0.25, 0.3) is 43.7 Å². The highest BCUT2D eigenvalue weighted by Gasteiger charge is 2.32. The summed E-state index contributed by atoms with van der Waals surface area (Å²) in [5.41, 5.74) is 11.1. The van der Waals surface area contributed by atoms with E-state index in [0.29, 0.717) is 189 Å². The van der Waals surface area contributed by atoms with E-state index in [-0.39, 0.29) is 47.2 Å². The molecule has 0 radical (unpaired) electrons. The van der Waals surface area contributed by atoms with Crippen molar-refractivity contribution in [2.45, 2.75) is 116 Å². The number of carbonyl (C=O) groups excluding carboxylic acids is 5. The molecule has 662 valence electrons. The number of aromatic amines is 3. The minimum atomic E-state index is -4.47. The van der Waals surface area contributed by atoms with Crippen molar-refractivity contribution in [2.75, 3.05) is 51.9 Å². The molecule has 0 saturated carbocycles. The number of nitrogens with one attached hydrogen (secondary N) is 6. The molecule has 1 aliphatic rings. The van der Waals surface area contributed by atoms with Gasteiger partial charge in [0.05, 0.1) is 44.5 Å².